The van der Waals surface area contributed by atoms with Crippen molar-refractivity contribution >= 4 is 43.4 Å². The maximum absolute atomic E-state index is 10.7. The molecule has 1 heterocycles. The second-order valence-corrected chi connectivity index (χ2v) is 7.93. The van der Waals surface area contributed by atoms with Gasteiger partial charge >= 0.3 is 0 Å². The summed E-state index contributed by atoms with van der Waals surface area (Å²) in [6.45, 7) is 3.08. The third kappa shape index (κ3) is 3.60. The second kappa shape index (κ2) is 7.86. The van der Waals surface area contributed by atoms with Crippen molar-refractivity contribution in [1.29, 1.82) is 0 Å². The van der Waals surface area contributed by atoms with Gasteiger partial charge in [-0.05, 0) is 55.0 Å². The molecule has 0 saturated carbocycles. The van der Waals surface area contributed by atoms with E-state index < -0.39 is 6.10 Å². The number of aliphatic hydroxyl groups excluding tert-OH is 1. The molecule has 0 radical (unpaired) electrons. The molecule has 3 aromatic carbocycles. The van der Waals surface area contributed by atoms with Gasteiger partial charge in [0.2, 0.25) is 0 Å². The van der Waals surface area contributed by atoms with Gasteiger partial charge in [0.25, 0.3) is 0 Å². The van der Waals surface area contributed by atoms with Crippen molar-refractivity contribution in [3.05, 3.63) is 70.7 Å². The smallest absolute Gasteiger partial charge is 0.119 e. The third-order valence-electron chi connectivity index (χ3n) is 5.03. The summed E-state index contributed by atoms with van der Waals surface area (Å²) in [5.74, 6) is 0.843. The number of hydrogen-bond acceptors (Lipinski definition) is 3. The first-order valence-corrected chi connectivity index (χ1v) is 10.1. The van der Waals surface area contributed by atoms with Gasteiger partial charge in [-0.25, -0.2) is 0 Å². The predicted molar refractivity (Wildman–Crippen MR) is 119 cm³/mol. The van der Waals surface area contributed by atoms with E-state index in [1.54, 1.807) is 7.11 Å². The fraction of sp³-hybridized carbons (Fsp3) is 0.217. The maximum Gasteiger partial charge on any atom is 0.119 e. The number of anilines is 1. The number of halogens is 1. The molecule has 4 rings (SSSR count). The number of fused-ring (bicyclic) bond motifs is 3. The topological polar surface area (TPSA) is 46.4 Å². The minimum atomic E-state index is -0.524. The highest BCUT2D eigenvalue weighted by Crippen LogP contribution is 2.35. The van der Waals surface area contributed by atoms with Crippen LogP contribution in [0.5, 0.6) is 5.75 Å². The summed E-state index contributed by atoms with van der Waals surface area (Å²) in [7, 11) is 1.69. The highest BCUT2D eigenvalue weighted by atomic mass is 79.9. The SMILES string of the molecule is COc1cc(C)c2c(c1)c1cc(Br)ccc1n2CC(O)CNc1ccccc1. The Bertz CT molecular complexity index is 1120. The van der Waals surface area contributed by atoms with E-state index in [4.69, 9.17) is 4.74 Å². The van der Waals surface area contributed by atoms with Crippen LogP contribution in [0, 0.1) is 6.92 Å². The van der Waals surface area contributed by atoms with Crippen molar-refractivity contribution in [2.24, 2.45) is 0 Å². The van der Waals surface area contributed by atoms with Crippen molar-refractivity contribution in [2.75, 3.05) is 19.0 Å². The van der Waals surface area contributed by atoms with E-state index in [1.165, 1.54) is 0 Å². The van der Waals surface area contributed by atoms with Gasteiger partial charge in [-0.1, -0.05) is 34.1 Å². The zero-order chi connectivity index (χ0) is 19.7. The quantitative estimate of drug-likeness (QED) is 0.426. The average Bonchev–Trinajstić information content (AvgIpc) is 3.00. The molecule has 4 aromatic rings. The fourth-order valence-corrected chi connectivity index (χ4v) is 4.13. The number of ether oxygens (including phenoxy) is 1. The van der Waals surface area contributed by atoms with Gasteiger partial charge in [-0.2, -0.15) is 0 Å². The highest BCUT2D eigenvalue weighted by Gasteiger charge is 2.17. The van der Waals surface area contributed by atoms with Gasteiger partial charge < -0.3 is 19.7 Å². The van der Waals surface area contributed by atoms with Crippen LogP contribution in [0.3, 0.4) is 0 Å². The molecule has 0 saturated heterocycles. The van der Waals surface area contributed by atoms with Gasteiger partial charge in [0.15, 0.2) is 0 Å². The van der Waals surface area contributed by atoms with E-state index in [2.05, 4.69) is 50.9 Å². The maximum atomic E-state index is 10.7. The Hall–Kier alpha value is -2.50. The molecule has 0 aliphatic carbocycles. The summed E-state index contributed by atoms with van der Waals surface area (Å²) in [6, 6.07) is 20.3. The van der Waals surface area contributed by atoms with Crippen LogP contribution in [0.2, 0.25) is 0 Å². The molecule has 0 bridgehead atoms. The normalized spacial score (nSPS) is 12.4. The molecule has 0 fully saturated rings. The largest absolute Gasteiger partial charge is 0.497 e. The van der Waals surface area contributed by atoms with Crippen molar-refractivity contribution in [1.82, 2.24) is 4.57 Å². The van der Waals surface area contributed by atoms with Crippen LogP contribution in [-0.4, -0.2) is 29.4 Å². The lowest BCUT2D eigenvalue weighted by molar-refractivity contribution is 0.169. The number of hydrogen-bond donors (Lipinski definition) is 2. The standard InChI is InChI=1S/C23H23BrN2O2/c1-15-10-19(28-2)12-21-20-11-16(24)8-9-22(20)26(23(15)21)14-18(27)13-25-17-6-4-3-5-7-17/h3-12,18,25,27H,13-14H2,1-2H3. The minimum Gasteiger partial charge on any atom is -0.497 e. The number of aryl methyl sites for hydroxylation is 1. The summed E-state index contributed by atoms with van der Waals surface area (Å²) >= 11 is 3.58. The number of nitrogens with zero attached hydrogens (tertiary/aromatic N) is 1. The van der Waals surface area contributed by atoms with Crippen LogP contribution in [-0.2, 0) is 6.54 Å². The first-order valence-electron chi connectivity index (χ1n) is 9.30. The van der Waals surface area contributed by atoms with E-state index >= 15 is 0 Å². The fourth-order valence-electron chi connectivity index (χ4n) is 3.76. The number of rotatable bonds is 6. The Morgan fingerprint density at radius 2 is 1.86 bits per heavy atom. The molecular formula is C23H23BrN2O2. The Morgan fingerprint density at radius 1 is 1.07 bits per heavy atom. The predicted octanol–water partition coefficient (Wildman–Crippen LogP) is 5.35. The number of para-hydroxylation sites is 1. The lowest BCUT2D eigenvalue weighted by atomic mass is 10.1. The molecule has 144 valence electrons. The molecule has 1 unspecified atom stereocenters. The van der Waals surface area contributed by atoms with Crippen LogP contribution in [0.1, 0.15) is 5.56 Å². The number of aliphatic hydroxyl groups is 1. The molecule has 0 spiro atoms. The Kier molecular flexibility index (Phi) is 5.29. The van der Waals surface area contributed by atoms with E-state index in [9.17, 15) is 5.11 Å². The Balaban J connectivity index is 1.72. The molecular weight excluding hydrogens is 416 g/mol. The zero-order valence-corrected chi connectivity index (χ0v) is 17.5. The van der Waals surface area contributed by atoms with Gasteiger partial charge in [0.05, 0.1) is 25.3 Å². The minimum absolute atomic E-state index is 0.483. The molecule has 0 aliphatic heterocycles. The van der Waals surface area contributed by atoms with E-state index in [0.29, 0.717) is 13.1 Å². The lowest BCUT2D eigenvalue weighted by Crippen LogP contribution is -2.25. The van der Waals surface area contributed by atoms with Gasteiger partial charge in [-0.3, -0.25) is 0 Å². The van der Waals surface area contributed by atoms with Gasteiger partial charge in [0, 0.05) is 33.0 Å². The summed E-state index contributed by atoms with van der Waals surface area (Å²) in [5.41, 5.74) is 4.37. The van der Waals surface area contributed by atoms with Crippen molar-refractivity contribution in [3.63, 3.8) is 0 Å². The van der Waals surface area contributed by atoms with E-state index in [0.717, 1.165) is 43.3 Å². The first kappa shape index (κ1) is 18.8. The summed E-state index contributed by atoms with van der Waals surface area (Å²) in [6.07, 6.45) is -0.524. The van der Waals surface area contributed by atoms with Gasteiger partial charge in [0.1, 0.15) is 5.75 Å². The van der Waals surface area contributed by atoms with Crippen LogP contribution >= 0.6 is 15.9 Å². The summed E-state index contributed by atoms with van der Waals surface area (Å²) in [4.78, 5) is 0. The molecule has 1 aromatic heterocycles. The van der Waals surface area contributed by atoms with Crippen molar-refractivity contribution < 1.29 is 9.84 Å². The van der Waals surface area contributed by atoms with E-state index in [-0.39, 0.29) is 0 Å². The van der Waals surface area contributed by atoms with Crippen molar-refractivity contribution in [2.45, 2.75) is 19.6 Å². The molecule has 1 atom stereocenters. The van der Waals surface area contributed by atoms with Crippen LogP contribution in [0.4, 0.5) is 5.69 Å². The first-order chi connectivity index (χ1) is 13.6. The molecule has 4 nitrogen and oxygen atoms in total. The zero-order valence-electron chi connectivity index (χ0n) is 15.9. The summed E-state index contributed by atoms with van der Waals surface area (Å²) < 4.78 is 8.72. The third-order valence-corrected chi connectivity index (χ3v) is 5.52. The van der Waals surface area contributed by atoms with Crippen molar-refractivity contribution in [3.8, 4) is 5.75 Å². The van der Waals surface area contributed by atoms with Crippen LogP contribution < -0.4 is 10.1 Å². The molecule has 2 N–H and O–H groups in total. The number of benzene rings is 3. The second-order valence-electron chi connectivity index (χ2n) is 7.01. The Morgan fingerprint density at radius 3 is 2.61 bits per heavy atom. The van der Waals surface area contributed by atoms with E-state index in [1.807, 2.05) is 42.5 Å². The lowest BCUT2D eigenvalue weighted by Gasteiger charge is -2.16. The molecule has 5 heteroatoms. The highest BCUT2D eigenvalue weighted by molar-refractivity contribution is 9.10. The Labute approximate surface area is 172 Å². The summed E-state index contributed by atoms with van der Waals surface area (Å²) in [5, 5.41) is 16.3. The number of methoxy groups -OCH3 is 1. The average molecular weight is 439 g/mol. The van der Waals surface area contributed by atoms with Crippen LogP contribution in [0.15, 0.2) is 65.1 Å². The molecule has 28 heavy (non-hydrogen) atoms. The molecule has 0 amide bonds. The monoisotopic (exact) mass is 438 g/mol. The van der Waals surface area contributed by atoms with Crippen LogP contribution in [0.25, 0.3) is 21.8 Å². The molecule has 0 aliphatic rings. The van der Waals surface area contributed by atoms with Gasteiger partial charge in [-0.15, -0.1) is 0 Å². The number of nitrogens with one attached hydrogen (secondary N) is 1. The number of aromatic nitrogens is 1.